The van der Waals surface area contributed by atoms with Crippen LogP contribution in [0.4, 0.5) is 11.5 Å². The third-order valence-electron chi connectivity index (χ3n) is 6.41. The zero-order valence-corrected chi connectivity index (χ0v) is 18.6. The van der Waals surface area contributed by atoms with Crippen LogP contribution in [-0.4, -0.2) is 59.2 Å². The molecule has 1 aromatic carbocycles. The molecule has 0 saturated carbocycles. The monoisotopic (exact) mass is 423 g/mol. The van der Waals surface area contributed by atoms with Crippen LogP contribution >= 0.6 is 11.3 Å². The molecule has 4 heterocycles. The van der Waals surface area contributed by atoms with Crippen molar-refractivity contribution in [3.8, 4) is 5.75 Å². The Kier molecular flexibility index (Phi) is 5.25. The molecule has 2 fully saturated rings. The van der Waals surface area contributed by atoms with Crippen LogP contribution < -0.4 is 9.80 Å². The van der Waals surface area contributed by atoms with Crippen molar-refractivity contribution >= 4 is 33.1 Å². The second-order valence-corrected chi connectivity index (χ2v) is 9.60. The Morgan fingerprint density at radius 3 is 2.27 bits per heavy atom. The van der Waals surface area contributed by atoms with E-state index in [9.17, 15) is 5.11 Å². The molecule has 2 aromatic heterocycles. The van der Waals surface area contributed by atoms with Gasteiger partial charge >= 0.3 is 0 Å². The summed E-state index contributed by atoms with van der Waals surface area (Å²) < 4.78 is 0. The first-order valence-corrected chi connectivity index (χ1v) is 11.7. The first kappa shape index (κ1) is 19.6. The highest BCUT2D eigenvalue weighted by atomic mass is 32.1. The van der Waals surface area contributed by atoms with Crippen molar-refractivity contribution in [1.29, 1.82) is 0 Å². The van der Waals surface area contributed by atoms with E-state index in [4.69, 9.17) is 9.97 Å². The molecule has 7 heteroatoms. The van der Waals surface area contributed by atoms with E-state index in [-0.39, 0.29) is 0 Å². The van der Waals surface area contributed by atoms with Gasteiger partial charge in [0.1, 0.15) is 22.2 Å². The Bertz CT molecular complexity index is 1030. The topological polar surface area (TPSA) is 55.7 Å². The lowest BCUT2D eigenvalue weighted by Crippen LogP contribution is -2.47. The number of likely N-dealkylation sites (tertiary alicyclic amines) is 1. The zero-order chi connectivity index (χ0) is 20.7. The van der Waals surface area contributed by atoms with Crippen molar-refractivity contribution in [3.63, 3.8) is 0 Å². The van der Waals surface area contributed by atoms with Crippen LogP contribution in [0.15, 0.2) is 24.3 Å². The second-order valence-electron chi connectivity index (χ2n) is 8.40. The molecule has 2 aliphatic heterocycles. The molecular formula is C23H29N5OS. The minimum atomic E-state index is 0.314. The number of rotatable bonds is 4. The van der Waals surface area contributed by atoms with Crippen molar-refractivity contribution in [2.45, 2.75) is 33.2 Å². The van der Waals surface area contributed by atoms with E-state index in [1.807, 2.05) is 12.1 Å². The van der Waals surface area contributed by atoms with E-state index in [0.717, 1.165) is 68.0 Å². The quantitative estimate of drug-likeness (QED) is 0.686. The summed E-state index contributed by atoms with van der Waals surface area (Å²) in [5.74, 6) is 2.39. The van der Waals surface area contributed by atoms with Gasteiger partial charge in [0.25, 0.3) is 0 Å². The highest BCUT2D eigenvalue weighted by molar-refractivity contribution is 7.18. The van der Waals surface area contributed by atoms with Gasteiger partial charge in [0.15, 0.2) is 0 Å². The van der Waals surface area contributed by atoms with Crippen molar-refractivity contribution in [1.82, 2.24) is 14.9 Å². The van der Waals surface area contributed by atoms with E-state index in [2.05, 4.69) is 28.5 Å². The molecule has 2 aliphatic rings. The Balaban J connectivity index is 1.42. The molecule has 0 spiro atoms. The van der Waals surface area contributed by atoms with E-state index in [0.29, 0.717) is 5.75 Å². The Labute approximate surface area is 181 Å². The normalized spacial score (nSPS) is 17.9. The fourth-order valence-electron chi connectivity index (χ4n) is 4.55. The van der Waals surface area contributed by atoms with Crippen LogP contribution in [-0.2, 0) is 6.54 Å². The van der Waals surface area contributed by atoms with E-state index < -0.39 is 0 Å². The number of fused-ring (bicyclic) bond motifs is 1. The molecule has 0 atom stereocenters. The molecule has 6 nitrogen and oxygen atoms in total. The summed E-state index contributed by atoms with van der Waals surface area (Å²) in [5, 5.41) is 10.8. The number of phenols is 1. The summed E-state index contributed by atoms with van der Waals surface area (Å²) in [5.41, 5.74) is 2.48. The van der Waals surface area contributed by atoms with Crippen molar-refractivity contribution in [2.24, 2.45) is 0 Å². The first-order chi connectivity index (χ1) is 14.6. The molecule has 0 unspecified atom stereocenters. The summed E-state index contributed by atoms with van der Waals surface area (Å²) in [6.45, 7) is 11.3. The molecule has 0 aliphatic carbocycles. The molecule has 5 rings (SSSR count). The molecule has 1 N–H and O–H groups in total. The smallest absolute Gasteiger partial charge is 0.146 e. The van der Waals surface area contributed by atoms with Gasteiger partial charge < -0.3 is 14.9 Å². The molecule has 0 radical (unpaired) electrons. The standard InChI is InChI=1S/C23H29N5OS/c1-16-17(2)30-23-21(16)22(24-20(25-23)15-26-9-3-4-10-26)28-13-11-27(12-14-28)18-5-7-19(29)8-6-18/h5-8,29H,3-4,9-15H2,1-2H3. The van der Waals surface area contributed by atoms with Crippen LogP contribution in [0.3, 0.4) is 0 Å². The summed E-state index contributed by atoms with van der Waals surface area (Å²) in [6, 6.07) is 7.51. The van der Waals surface area contributed by atoms with Crippen molar-refractivity contribution in [3.05, 3.63) is 40.5 Å². The number of anilines is 2. The number of aryl methyl sites for hydroxylation is 2. The van der Waals surface area contributed by atoms with Gasteiger partial charge in [-0.2, -0.15) is 0 Å². The van der Waals surface area contributed by atoms with E-state index in [1.54, 1.807) is 23.5 Å². The van der Waals surface area contributed by atoms with Crippen LogP contribution in [0.5, 0.6) is 5.75 Å². The minimum absolute atomic E-state index is 0.314. The van der Waals surface area contributed by atoms with Crippen LogP contribution in [0.1, 0.15) is 29.1 Å². The predicted molar refractivity (Wildman–Crippen MR) is 124 cm³/mol. The number of benzene rings is 1. The molecule has 158 valence electrons. The molecule has 0 bridgehead atoms. The first-order valence-electron chi connectivity index (χ1n) is 10.9. The molecule has 2 saturated heterocycles. The Hall–Kier alpha value is -2.38. The van der Waals surface area contributed by atoms with Gasteiger partial charge in [0.2, 0.25) is 0 Å². The van der Waals surface area contributed by atoms with E-state index in [1.165, 1.54) is 28.7 Å². The van der Waals surface area contributed by atoms with Crippen LogP contribution in [0, 0.1) is 13.8 Å². The number of aromatic nitrogens is 2. The SMILES string of the molecule is Cc1sc2nc(CN3CCCC3)nc(N3CCN(c4ccc(O)cc4)CC3)c2c1C. The van der Waals surface area contributed by atoms with Gasteiger partial charge in [-0.25, -0.2) is 9.97 Å². The lowest BCUT2D eigenvalue weighted by Gasteiger charge is -2.37. The fourth-order valence-corrected chi connectivity index (χ4v) is 5.59. The second kappa shape index (κ2) is 8.04. The minimum Gasteiger partial charge on any atom is -0.508 e. The number of aromatic hydroxyl groups is 1. The van der Waals surface area contributed by atoms with Crippen molar-refractivity contribution < 1.29 is 5.11 Å². The summed E-state index contributed by atoms with van der Waals surface area (Å²) >= 11 is 1.80. The summed E-state index contributed by atoms with van der Waals surface area (Å²) in [6.07, 6.45) is 2.57. The van der Waals surface area contributed by atoms with Gasteiger partial charge in [-0.1, -0.05) is 0 Å². The highest BCUT2D eigenvalue weighted by Gasteiger charge is 2.24. The predicted octanol–water partition coefficient (Wildman–Crippen LogP) is 3.94. The number of hydrogen-bond donors (Lipinski definition) is 1. The lowest BCUT2D eigenvalue weighted by atomic mass is 10.2. The van der Waals surface area contributed by atoms with Gasteiger partial charge in [0, 0.05) is 36.7 Å². The molecule has 30 heavy (non-hydrogen) atoms. The van der Waals surface area contributed by atoms with Crippen LogP contribution in [0.2, 0.25) is 0 Å². The number of hydrogen-bond acceptors (Lipinski definition) is 7. The maximum atomic E-state index is 9.56. The molecule has 0 amide bonds. The van der Waals surface area contributed by atoms with Crippen molar-refractivity contribution in [2.75, 3.05) is 49.1 Å². The third kappa shape index (κ3) is 3.72. The third-order valence-corrected chi connectivity index (χ3v) is 7.51. The number of piperazine rings is 1. The fraction of sp³-hybridized carbons (Fsp3) is 0.478. The molecule has 3 aromatic rings. The molecular weight excluding hydrogens is 394 g/mol. The summed E-state index contributed by atoms with van der Waals surface area (Å²) in [4.78, 5) is 19.8. The van der Waals surface area contributed by atoms with E-state index >= 15 is 0 Å². The van der Waals surface area contributed by atoms with Crippen LogP contribution in [0.25, 0.3) is 10.2 Å². The lowest BCUT2D eigenvalue weighted by molar-refractivity contribution is 0.323. The number of phenolic OH excluding ortho intramolecular Hbond substituents is 1. The Morgan fingerprint density at radius 2 is 1.57 bits per heavy atom. The van der Waals surface area contributed by atoms with Gasteiger partial charge in [0.05, 0.1) is 11.9 Å². The Morgan fingerprint density at radius 1 is 0.900 bits per heavy atom. The largest absolute Gasteiger partial charge is 0.508 e. The maximum Gasteiger partial charge on any atom is 0.146 e. The van der Waals surface area contributed by atoms with Gasteiger partial charge in [-0.3, -0.25) is 4.90 Å². The zero-order valence-electron chi connectivity index (χ0n) is 17.8. The van der Waals surface area contributed by atoms with Gasteiger partial charge in [-0.05, 0) is 69.6 Å². The average Bonchev–Trinajstić information content (AvgIpc) is 3.36. The average molecular weight is 424 g/mol. The summed E-state index contributed by atoms with van der Waals surface area (Å²) in [7, 11) is 0. The number of thiophene rings is 1. The maximum absolute atomic E-state index is 9.56. The number of nitrogens with zero attached hydrogens (tertiary/aromatic N) is 5. The van der Waals surface area contributed by atoms with Gasteiger partial charge in [-0.15, -0.1) is 11.3 Å². The highest BCUT2D eigenvalue weighted by Crippen LogP contribution is 2.36.